The maximum atomic E-state index is 13.5. The lowest BCUT2D eigenvalue weighted by atomic mass is 10.0. The molecule has 0 spiro atoms. The Morgan fingerprint density at radius 3 is 2.34 bits per heavy atom. The monoisotopic (exact) mass is 447 g/mol. The average Bonchev–Trinajstić information content (AvgIpc) is 3.57. The zero-order valence-electron chi connectivity index (χ0n) is 19.6. The summed E-state index contributed by atoms with van der Waals surface area (Å²) in [4.78, 5) is 40.4. The van der Waals surface area contributed by atoms with Crippen LogP contribution in [0.5, 0.6) is 0 Å². The number of nitrogens with one attached hydrogen (secondary N) is 2. The smallest absolute Gasteiger partial charge is 0.408 e. The molecule has 0 bridgehead atoms. The van der Waals surface area contributed by atoms with Crippen molar-refractivity contribution in [3.8, 4) is 0 Å². The van der Waals surface area contributed by atoms with Gasteiger partial charge in [0.1, 0.15) is 17.7 Å². The van der Waals surface area contributed by atoms with Gasteiger partial charge in [0, 0.05) is 12.6 Å². The maximum absolute atomic E-state index is 13.5. The second-order valence-electron chi connectivity index (χ2n) is 9.17. The molecule has 1 aliphatic carbocycles. The van der Waals surface area contributed by atoms with Crippen LogP contribution in [-0.2, 0) is 14.3 Å². The van der Waals surface area contributed by atoms with E-state index in [0.717, 1.165) is 32.1 Å². The Balaban J connectivity index is 2.25. The Morgan fingerprint density at radius 1 is 1.16 bits per heavy atom. The van der Waals surface area contributed by atoms with Gasteiger partial charge in [0.05, 0.1) is 6.61 Å². The van der Waals surface area contributed by atoms with Crippen LogP contribution in [0, 0.1) is 0 Å². The van der Waals surface area contributed by atoms with E-state index < -0.39 is 36.3 Å². The van der Waals surface area contributed by atoms with Crippen molar-refractivity contribution in [1.82, 2.24) is 15.5 Å². The van der Waals surface area contributed by atoms with Crippen LogP contribution in [-0.4, -0.2) is 58.8 Å². The molecular weight excluding hydrogens is 410 g/mol. The summed E-state index contributed by atoms with van der Waals surface area (Å²) < 4.78 is 5.23. The fraction of sp³-hybridized carbons (Fsp3) is 0.625. The highest BCUT2D eigenvalue weighted by molar-refractivity contribution is 5.92. The first-order valence-electron chi connectivity index (χ1n) is 11.4. The molecule has 8 nitrogen and oxygen atoms in total. The van der Waals surface area contributed by atoms with Crippen LogP contribution in [0.2, 0.25) is 0 Å². The molecule has 8 heteroatoms. The molecule has 2 rings (SSSR count). The van der Waals surface area contributed by atoms with Gasteiger partial charge in [0.25, 0.3) is 0 Å². The maximum Gasteiger partial charge on any atom is 0.408 e. The lowest BCUT2D eigenvalue weighted by Crippen LogP contribution is -2.55. The molecule has 1 aromatic rings. The van der Waals surface area contributed by atoms with Crippen LogP contribution in [0.3, 0.4) is 0 Å². The molecule has 0 heterocycles. The minimum absolute atomic E-state index is 0.122. The Bertz CT molecular complexity index is 759. The van der Waals surface area contributed by atoms with E-state index in [-0.39, 0.29) is 11.9 Å². The normalized spacial score (nSPS) is 15.4. The largest absolute Gasteiger partial charge is 0.444 e. The third kappa shape index (κ3) is 7.82. The van der Waals surface area contributed by atoms with Crippen molar-refractivity contribution >= 4 is 17.9 Å². The Labute approximate surface area is 190 Å². The van der Waals surface area contributed by atoms with Crippen LogP contribution in [0.25, 0.3) is 0 Å². The standard InChI is InChI=1S/C24H37N3O5/c1-5-6-10-15-25-21(29)20(17-11-8-7-9-12-17)27(18-13-14-18)22(30)19(16-28)26-23(31)32-24(2,3)4/h7-9,11-12,18-20,28H,5-6,10,13-16H2,1-4H3,(H,25,29)(H,26,31). The van der Waals surface area contributed by atoms with E-state index in [2.05, 4.69) is 17.6 Å². The molecule has 0 aliphatic heterocycles. The number of ether oxygens (including phenoxy) is 1. The van der Waals surface area contributed by atoms with Crippen LogP contribution >= 0.6 is 0 Å². The van der Waals surface area contributed by atoms with E-state index in [9.17, 15) is 19.5 Å². The van der Waals surface area contributed by atoms with Gasteiger partial charge < -0.3 is 25.4 Å². The van der Waals surface area contributed by atoms with E-state index in [4.69, 9.17) is 4.74 Å². The molecule has 1 aromatic carbocycles. The molecule has 178 valence electrons. The van der Waals surface area contributed by atoms with Crippen molar-refractivity contribution in [3.63, 3.8) is 0 Å². The fourth-order valence-electron chi connectivity index (χ4n) is 3.44. The molecule has 0 radical (unpaired) electrons. The van der Waals surface area contributed by atoms with Crippen LogP contribution in [0.4, 0.5) is 4.79 Å². The van der Waals surface area contributed by atoms with Gasteiger partial charge in [0.15, 0.2) is 0 Å². The number of hydrogen-bond acceptors (Lipinski definition) is 5. The first-order valence-corrected chi connectivity index (χ1v) is 11.4. The summed E-state index contributed by atoms with van der Waals surface area (Å²) in [5.41, 5.74) is -0.0523. The quantitative estimate of drug-likeness (QED) is 0.452. The average molecular weight is 448 g/mol. The van der Waals surface area contributed by atoms with Gasteiger partial charge in [0.2, 0.25) is 11.8 Å². The SMILES string of the molecule is CCCCCNC(=O)C(c1ccccc1)N(C(=O)C(CO)NC(=O)OC(C)(C)C)C1CC1. The van der Waals surface area contributed by atoms with E-state index in [1.165, 1.54) is 4.90 Å². The molecule has 2 unspecified atom stereocenters. The number of benzene rings is 1. The molecule has 2 atom stereocenters. The minimum atomic E-state index is -1.20. The Kier molecular flexibility index (Phi) is 9.50. The predicted octanol–water partition coefficient (Wildman–Crippen LogP) is 2.91. The summed E-state index contributed by atoms with van der Waals surface area (Å²) in [5, 5.41) is 15.3. The zero-order chi connectivity index (χ0) is 23.7. The predicted molar refractivity (Wildman–Crippen MR) is 122 cm³/mol. The second kappa shape index (κ2) is 11.9. The summed E-state index contributed by atoms with van der Waals surface area (Å²) >= 11 is 0. The van der Waals surface area contributed by atoms with Crippen molar-refractivity contribution in [2.24, 2.45) is 0 Å². The van der Waals surface area contributed by atoms with E-state index in [0.29, 0.717) is 12.1 Å². The van der Waals surface area contributed by atoms with Crippen molar-refractivity contribution in [1.29, 1.82) is 0 Å². The Morgan fingerprint density at radius 2 is 1.81 bits per heavy atom. The molecule has 3 amide bonds. The third-order valence-corrected chi connectivity index (χ3v) is 5.09. The van der Waals surface area contributed by atoms with Gasteiger partial charge in [-0.25, -0.2) is 4.79 Å². The number of carbonyl (C=O) groups is 3. The number of unbranched alkanes of at least 4 members (excludes halogenated alkanes) is 2. The first kappa shape index (κ1) is 25.6. The molecule has 1 fully saturated rings. The number of aliphatic hydroxyl groups excluding tert-OH is 1. The summed E-state index contributed by atoms with van der Waals surface area (Å²) in [5.74, 6) is -0.764. The highest BCUT2D eigenvalue weighted by Crippen LogP contribution is 2.35. The van der Waals surface area contributed by atoms with Crippen molar-refractivity contribution in [3.05, 3.63) is 35.9 Å². The molecule has 3 N–H and O–H groups in total. The van der Waals surface area contributed by atoms with Crippen LogP contribution in [0.15, 0.2) is 30.3 Å². The van der Waals surface area contributed by atoms with Gasteiger partial charge in [-0.2, -0.15) is 0 Å². The van der Waals surface area contributed by atoms with Crippen molar-refractivity contribution in [2.75, 3.05) is 13.2 Å². The fourth-order valence-corrected chi connectivity index (χ4v) is 3.44. The van der Waals surface area contributed by atoms with Crippen molar-refractivity contribution in [2.45, 2.75) is 83.5 Å². The van der Waals surface area contributed by atoms with Gasteiger partial charge in [-0.1, -0.05) is 50.1 Å². The second-order valence-corrected chi connectivity index (χ2v) is 9.17. The number of rotatable bonds is 11. The summed E-state index contributed by atoms with van der Waals surface area (Å²) in [6.07, 6.45) is 3.65. The number of amides is 3. The lowest BCUT2D eigenvalue weighted by Gasteiger charge is -2.34. The molecule has 0 aromatic heterocycles. The zero-order valence-corrected chi connectivity index (χ0v) is 19.6. The van der Waals surface area contributed by atoms with Crippen LogP contribution in [0.1, 0.15) is 71.4 Å². The van der Waals surface area contributed by atoms with Crippen molar-refractivity contribution < 1.29 is 24.2 Å². The minimum Gasteiger partial charge on any atom is -0.444 e. The first-order chi connectivity index (χ1) is 15.2. The van der Waals surface area contributed by atoms with Gasteiger partial charge >= 0.3 is 6.09 Å². The number of aliphatic hydroxyl groups is 1. The van der Waals surface area contributed by atoms with Gasteiger partial charge in [-0.3, -0.25) is 9.59 Å². The van der Waals surface area contributed by atoms with Gasteiger partial charge in [-0.15, -0.1) is 0 Å². The summed E-state index contributed by atoms with van der Waals surface area (Å²) in [6.45, 7) is 7.17. The highest BCUT2D eigenvalue weighted by atomic mass is 16.6. The van der Waals surface area contributed by atoms with E-state index in [1.807, 2.05) is 30.3 Å². The highest BCUT2D eigenvalue weighted by Gasteiger charge is 2.43. The number of nitrogens with zero attached hydrogens (tertiary/aromatic N) is 1. The number of carbonyl (C=O) groups excluding carboxylic acids is 3. The number of alkyl carbamates (subject to hydrolysis) is 1. The lowest BCUT2D eigenvalue weighted by molar-refractivity contribution is -0.144. The van der Waals surface area contributed by atoms with E-state index >= 15 is 0 Å². The Hall–Kier alpha value is -2.61. The summed E-state index contributed by atoms with van der Waals surface area (Å²) in [7, 11) is 0. The topological polar surface area (TPSA) is 108 Å². The van der Waals surface area contributed by atoms with Crippen LogP contribution < -0.4 is 10.6 Å². The summed E-state index contributed by atoms with van der Waals surface area (Å²) in [6, 6.07) is 6.96. The molecule has 0 saturated heterocycles. The third-order valence-electron chi connectivity index (χ3n) is 5.09. The van der Waals surface area contributed by atoms with E-state index in [1.54, 1.807) is 20.8 Å². The molecular formula is C24H37N3O5. The van der Waals surface area contributed by atoms with Gasteiger partial charge in [-0.05, 0) is 45.6 Å². The molecule has 1 saturated carbocycles. The number of hydrogen-bond donors (Lipinski definition) is 3. The molecule has 1 aliphatic rings. The molecule has 32 heavy (non-hydrogen) atoms.